The van der Waals surface area contributed by atoms with Gasteiger partial charge in [-0.25, -0.2) is 0 Å². The summed E-state index contributed by atoms with van der Waals surface area (Å²) in [4.78, 5) is 7.18. The highest BCUT2D eigenvalue weighted by Gasteiger charge is 2.26. The molecule has 0 bridgehead atoms. The summed E-state index contributed by atoms with van der Waals surface area (Å²) < 4.78 is 7.75. The van der Waals surface area contributed by atoms with Crippen molar-refractivity contribution >= 4 is 5.96 Å². The molecule has 6 heteroatoms. The van der Waals surface area contributed by atoms with Crippen LogP contribution in [0, 0.1) is 6.92 Å². The van der Waals surface area contributed by atoms with Crippen LogP contribution in [0.2, 0.25) is 0 Å². The topological polar surface area (TPSA) is 54.7 Å². The first kappa shape index (κ1) is 19.3. The number of rotatable bonds is 7. The van der Waals surface area contributed by atoms with Gasteiger partial charge in [-0.05, 0) is 37.5 Å². The molecule has 1 aromatic carbocycles. The molecule has 0 spiro atoms. The Labute approximate surface area is 162 Å². The smallest absolute Gasteiger partial charge is 0.193 e. The van der Waals surface area contributed by atoms with Crippen molar-refractivity contribution in [3.63, 3.8) is 0 Å². The number of nitrogens with one attached hydrogen (secondary N) is 1. The van der Waals surface area contributed by atoms with E-state index in [9.17, 15) is 0 Å². The van der Waals surface area contributed by atoms with Crippen LogP contribution in [-0.4, -0.2) is 53.4 Å². The van der Waals surface area contributed by atoms with Gasteiger partial charge in [0, 0.05) is 51.8 Å². The second-order valence-corrected chi connectivity index (χ2v) is 7.08. The fourth-order valence-electron chi connectivity index (χ4n) is 3.45. The van der Waals surface area contributed by atoms with E-state index >= 15 is 0 Å². The Bertz CT molecular complexity index is 755. The zero-order valence-electron chi connectivity index (χ0n) is 16.7. The third-order valence-electron chi connectivity index (χ3n) is 4.93. The molecule has 1 unspecified atom stereocenters. The number of aryl methyl sites for hydroxylation is 2. The van der Waals surface area contributed by atoms with Gasteiger partial charge in [-0.15, -0.1) is 0 Å². The minimum Gasteiger partial charge on any atom is -0.493 e. The van der Waals surface area contributed by atoms with E-state index in [2.05, 4.69) is 41.4 Å². The summed E-state index contributed by atoms with van der Waals surface area (Å²) in [7, 11) is 1.97. The normalized spacial score (nSPS) is 17.4. The predicted molar refractivity (Wildman–Crippen MR) is 109 cm³/mol. The lowest BCUT2D eigenvalue weighted by Gasteiger charge is -2.21. The molecule has 1 atom stereocenters. The highest BCUT2D eigenvalue weighted by Crippen LogP contribution is 2.26. The Hall–Kier alpha value is -2.50. The minimum absolute atomic E-state index is 0.534. The summed E-state index contributed by atoms with van der Waals surface area (Å²) in [5.74, 6) is 2.51. The van der Waals surface area contributed by atoms with E-state index in [1.54, 1.807) is 0 Å². The van der Waals surface area contributed by atoms with Crippen molar-refractivity contribution in [1.82, 2.24) is 20.0 Å². The number of hydrogen-bond acceptors (Lipinski definition) is 3. The van der Waals surface area contributed by atoms with Gasteiger partial charge in [0.2, 0.25) is 0 Å². The van der Waals surface area contributed by atoms with E-state index in [1.165, 1.54) is 11.1 Å². The van der Waals surface area contributed by atoms with Crippen LogP contribution in [-0.2, 0) is 7.05 Å². The second-order valence-electron chi connectivity index (χ2n) is 7.08. The number of likely N-dealkylation sites (tertiary alicyclic amines) is 1. The van der Waals surface area contributed by atoms with Crippen molar-refractivity contribution in [2.75, 3.05) is 32.8 Å². The summed E-state index contributed by atoms with van der Waals surface area (Å²) in [5.41, 5.74) is 2.50. The fraction of sp³-hybridized carbons (Fsp3) is 0.524. The molecule has 146 valence electrons. The van der Waals surface area contributed by atoms with Gasteiger partial charge in [-0.1, -0.05) is 18.2 Å². The van der Waals surface area contributed by atoms with E-state index in [0.29, 0.717) is 12.5 Å². The summed E-state index contributed by atoms with van der Waals surface area (Å²) in [6.45, 7) is 8.55. The standard InChI is InChI=1S/C21H31N5O/c1-4-22-21(23-11-7-13-27-20-9-6-5-8-17(20)2)26-12-10-18(16-26)19-14-24-25(3)15-19/h5-6,8-9,14-15,18H,4,7,10-13,16H2,1-3H3,(H,22,23). The quantitative estimate of drug-likeness (QED) is 0.463. The highest BCUT2D eigenvalue weighted by atomic mass is 16.5. The van der Waals surface area contributed by atoms with Gasteiger partial charge in [-0.3, -0.25) is 9.67 Å². The van der Waals surface area contributed by atoms with Crippen LogP contribution in [0.1, 0.15) is 36.8 Å². The van der Waals surface area contributed by atoms with E-state index < -0.39 is 0 Å². The lowest BCUT2D eigenvalue weighted by atomic mass is 10.0. The molecule has 0 saturated carbocycles. The van der Waals surface area contributed by atoms with Crippen molar-refractivity contribution < 1.29 is 4.74 Å². The van der Waals surface area contributed by atoms with Crippen molar-refractivity contribution in [3.05, 3.63) is 47.8 Å². The first-order valence-electron chi connectivity index (χ1n) is 9.87. The van der Waals surface area contributed by atoms with Crippen LogP contribution in [0.5, 0.6) is 5.75 Å². The largest absolute Gasteiger partial charge is 0.493 e. The maximum absolute atomic E-state index is 5.87. The Morgan fingerprint density at radius 2 is 2.22 bits per heavy atom. The molecule has 27 heavy (non-hydrogen) atoms. The number of para-hydroxylation sites is 1. The maximum atomic E-state index is 5.87. The zero-order valence-corrected chi connectivity index (χ0v) is 16.7. The molecule has 2 aromatic rings. The number of guanidine groups is 1. The van der Waals surface area contributed by atoms with Crippen LogP contribution in [0.25, 0.3) is 0 Å². The van der Waals surface area contributed by atoms with E-state index in [-0.39, 0.29) is 0 Å². The molecule has 1 aliphatic rings. The van der Waals surface area contributed by atoms with Crippen LogP contribution in [0.15, 0.2) is 41.7 Å². The number of benzene rings is 1. The predicted octanol–water partition coefficient (Wildman–Crippen LogP) is 2.95. The van der Waals surface area contributed by atoms with Crippen LogP contribution < -0.4 is 10.1 Å². The van der Waals surface area contributed by atoms with Gasteiger partial charge in [-0.2, -0.15) is 5.10 Å². The zero-order chi connectivity index (χ0) is 19.1. The molecular formula is C21H31N5O. The molecule has 3 rings (SSSR count). The van der Waals surface area contributed by atoms with Gasteiger partial charge in [0.05, 0.1) is 12.8 Å². The number of hydrogen-bond donors (Lipinski definition) is 1. The first-order valence-corrected chi connectivity index (χ1v) is 9.87. The molecule has 2 heterocycles. The molecular weight excluding hydrogens is 338 g/mol. The Balaban J connectivity index is 1.49. The maximum Gasteiger partial charge on any atom is 0.193 e. The summed E-state index contributed by atoms with van der Waals surface area (Å²) in [6.07, 6.45) is 6.16. The summed E-state index contributed by atoms with van der Waals surface area (Å²) in [6, 6.07) is 8.13. The van der Waals surface area contributed by atoms with E-state index in [4.69, 9.17) is 9.73 Å². The summed E-state index contributed by atoms with van der Waals surface area (Å²) in [5, 5.41) is 7.74. The number of ether oxygens (including phenoxy) is 1. The van der Waals surface area contributed by atoms with Gasteiger partial charge < -0.3 is 15.0 Å². The third kappa shape index (κ3) is 5.25. The van der Waals surface area contributed by atoms with Crippen LogP contribution >= 0.6 is 0 Å². The average Bonchev–Trinajstić information content (AvgIpc) is 3.31. The minimum atomic E-state index is 0.534. The lowest BCUT2D eigenvalue weighted by Crippen LogP contribution is -2.40. The van der Waals surface area contributed by atoms with Gasteiger partial charge in [0.1, 0.15) is 5.75 Å². The lowest BCUT2D eigenvalue weighted by molar-refractivity contribution is 0.311. The van der Waals surface area contributed by atoms with Gasteiger partial charge in [0.25, 0.3) is 0 Å². The monoisotopic (exact) mass is 369 g/mol. The molecule has 1 saturated heterocycles. The van der Waals surface area contributed by atoms with Gasteiger partial charge in [0.15, 0.2) is 5.96 Å². The molecule has 6 nitrogen and oxygen atoms in total. The molecule has 0 aliphatic carbocycles. The van der Waals surface area contributed by atoms with Crippen molar-refractivity contribution in [1.29, 1.82) is 0 Å². The Morgan fingerprint density at radius 1 is 1.37 bits per heavy atom. The third-order valence-corrected chi connectivity index (χ3v) is 4.93. The highest BCUT2D eigenvalue weighted by molar-refractivity contribution is 5.80. The van der Waals surface area contributed by atoms with E-state index in [1.807, 2.05) is 36.1 Å². The number of nitrogens with zero attached hydrogens (tertiary/aromatic N) is 4. The molecule has 1 aliphatic heterocycles. The Morgan fingerprint density at radius 3 is 2.96 bits per heavy atom. The van der Waals surface area contributed by atoms with Crippen LogP contribution in [0.4, 0.5) is 0 Å². The SMILES string of the molecule is CCNC(=NCCCOc1ccccc1C)N1CCC(c2cnn(C)c2)C1. The summed E-state index contributed by atoms with van der Waals surface area (Å²) >= 11 is 0. The number of aliphatic imine (C=N–C) groups is 1. The second kappa shape index (κ2) is 9.44. The fourth-order valence-corrected chi connectivity index (χ4v) is 3.45. The van der Waals surface area contributed by atoms with Gasteiger partial charge >= 0.3 is 0 Å². The van der Waals surface area contributed by atoms with Crippen molar-refractivity contribution in [2.24, 2.45) is 12.0 Å². The average molecular weight is 370 g/mol. The molecule has 1 fully saturated rings. The molecule has 1 aromatic heterocycles. The van der Waals surface area contributed by atoms with Crippen LogP contribution in [0.3, 0.4) is 0 Å². The van der Waals surface area contributed by atoms with E-state index in [0.717, 1.165) is 50.7 Å². The molecule has 1 N–H and O–H groups in total. The molecule has 0 amide bonds. The van der Waals surface area contributed by atoms with Crippen molar-refractivity contribution in [3.8, 4) is 5.75 Å². The molecule has 0 radical (unpaired) electrons. The first-order chi connectivity index (χ1) is 13.2. The van der Waals surface area contributed by atoms with Crippen molar-refractivity contribution in [2.45, 2.75) is 32.6 Å². The Kier molecular flexibility index (Phi) is 6.74. The number of aromatic nitrogens is 2.